The van der Waals surface area contributed by atoms with Crippen LogP contribution in [-0.2, 0) is 11.3 Å². The van der Waals surface area contributed by atoms with Crippen molar-refractivity contribution in [3.05, 3.63) is 35.2 Å². The second kappa shape index (κ2) is 5.03. The molecule has 0 atom stereocenters. The second-order valence-electron chi connectivity index (χ2n) is 3.93. The molecule has 0 radical (unpaired) electrons. The third-order valence-corrected chi connectivity index (χ3v) is 2.52. The monoisotopic (exact) mass is 249 g/mol. The molecule has 0 spiro atoms. The van der Waals surface area contributed by atoms with Crippen LogP contribution in [0.2, 0.25) is 0 Å². The Morgan fingerprint density at radius 3 is 2.89 bits per heavy atom. The highest BCUT2D eigenvalue weighted by Crippen LogP contribution is 2.13. The van der Waals surface area contributed by atoms with Crippen LogP contribution in [0.4, 0.5) is 0 Å². The standard InChI is InChI=1S/C12H15N3O3/c1-4-17-12(16)11-8(2)5-6-15(11)7-10-13-9(3)18-14-10/h5-6H,4,7H2,1-3H3. The van der Waals surface area contributed by atoms with Gasteiger partial charge in [-0.05, 0) is 25.5 Å². The number of hydrogen-bond donors (Lipinski definition) is 0. The highest BCUT2D eigenvalue weighted by atomic mass is 16.5. The van der Waals surface area contributed by atoms with E-state index in [4.69, 9.17) is 9.26 Å². The lowest BCUT2D eigenvalue weighted by Crippen LogP contribution is -2.14. The van der Waals surface area contributed by atoms with Crippen molar-refractivity contribution in [3.8, 4) is 0 Å². The summed E-state index contributed by atoms with van der Waals surface area (Å²) in [5.74, 6) is 0.709. The number of aryl methyl sites for hydroxylation is 2. The Bertz CT molecular complexity index is 557. The summed E-state index contributed by atoms with van der Waals surface area (Å²) in [4.78, 5) is 15.9. The number of hydrogen-bond acceptors (Lipinski definition) is 5. The van der Waals surface area contributed by atoms with E-state index in [9.17, 15) is 4.79 Å². The average molecular weight is 249 g/mol. The van der Waals surface area contributed by atoms with Crippen LogP contribution < -0.4 is 0 Å². The molecule has 0 saturated carbocycles. The van der Waals surface area contributed by atoms with E-state index in [-0.39, 0.29) is 5.97 Å². The second-order valence-corrected chi connectivity index (χ2v) is 3.93. The van der Waals surface area contributed by atoms with Gasteiger partial charge in [-0.15, -0.1) is 0 Å². The molecular formula is C12H15N3O3. The van der Waals surface area contributed by atoms with Crippen LogP contribution in [0.5, 0.6) is 0 Å². The molecule has 2 aromatic rings. The molecule has 6 heteroatoms. The molecule has 0 aliphatic rings. The summed E-state index contributed by atoms with van der Waals surface area (Å²) in [5.41, 5.74) is 1.40. The number of rotatable bonds is 4. The topological polar surface area (TPSA) is 70.2 Å². The first-order chi connectivity index (χ1) is 8.61. The Hall–Kier alpha value is -2.11. The molecule has 0 amide bonds. The maximum atomic E-state index is 11.8. The lowest BCUT2D eigenvalue weighted by molar-refractivity contribution is 0.0513. The van der Waals surface area contributed by atoms with Gasteiger partial charge in [0.2, 0.25) is 5.89 Å². The van der Waals surface area contributed by atoms with Crippen LogP contribution in [0.25, 0.3) is 0 Å². The van der Waals surface area contributed by atoms with E-state index in [1.807, 2.05) is 19.2 Å². The van der Waals surface area contributed by atoms with Crippen LogP contribution >= 0.6 is 0 Å². The summed E-state index contributed by atoms with van der Waals surface area (Å²) in [6.07, 6.45) is 1.81. The molecule has 0 fully saturated rings. The Morgan fingerprint density at radius 1 is 1.50 bits per heavy atom. The van der Waals surface area contributed by atoms with Gasteiger partial charge in [0, 0.05) is 13.1 Å². The molecule has 0 aromatic carbocycles. The molecule has 6 nitrogen and oxygen atoms in total. The molecule has 0 bridgehead atoms. The summed E-state index contributed by atoms with van der Waals surface area (Å²) >= 11 is 0. The number of esters is 1. The first-order valence-electron chi connectivity index (χ1n) is 5.74. The maximum Gasteiger partial charge on any atom is 0.355 e. The number of aromatic nitrogens is 3. The fraction of sp³-hybridized carbons (Fsp3) is 0.417. The lowest BCUT2D eigenvalue weighted by Gasteiger charge is -2.07. The van der Waals surface area contributed by atoms with E-state index in [0.717, 1.165) is 5.56 Å². The van der Waals surface area contributed by atoms with Gasteiger partial charge >= 0.3 is 5.97 Å². The predicted octanol–water partition coefficient (Wildman–Crippen LogP) is 1.71. The number of ether oxygens (including phenoxy) is 1. The Morgan fingerprint density at radius 2 is 2.28 bits per heavy atom. The Labute approximate surface area is 105 Å². The highest BCUT2D eigenvalue weighted by Gasteiger charge is 2.17. The minimum atomic E-state index is -0.333. The van der Waals surface area contributed by atoms with Crippen LogP contribution in [0.15, 0.2) is 16.8 Å². The van der Waals surface area contributed by atoms with E-state index in [1.54, 1.807) is 18.4 Å². The van der Waals surface area contributed by atoms with Crippen molar-refractivity contribution in [3.63, 3.8) is 0 Å². The molecule has 96 valence electrons. The lowest BCUT2D eigenvalue weighted by atomic mass is 10.3. The SMILES string of the molecule is CCOC(=O)c1c(C)ccn1Cc1noc(C)n1. The van der Waals surface area contributed by atoms with Crippen molar-refractivity contribution >= 4 is 5.97 Å². The van der Waals surface area contributed by atoms with Gasteiger partial charge in [0.25, 0.3) is 0 Å². The maximum absolute atomic E-state index is 11.8. The Kier molecular flexibility index (Phi) is 3.45. The fourth-order valence-corrected chi connectivity index (χ4v) is 1.75. The van der Waals surface area contributed by atoms with Gasteiger partial charge < -0.3 is 13.8 Å². The van der Waals surface area contributed by atoms with E-state index in [2.05, 4.69) is 10.1 Å². The minimum absolute atomic E-state index is 0.333. The van der Waals surface area contributed by atoms with Gasteiger partial charge in [-0.3, -0.25) is 0 Å². The third kappa shape index (κ3) is 2.42. The van der Waals surface area contributed by atoms with Crippen LogP contribution in [0, 0.1) is 13.8 Å². The molecule has 0 aliphatic carbocycles. The van der Waals surface area contributed by atoms with Gasteiger partial charge in [-0.25, -0.2) is 4.79 Å². The highest BCUT2D eigenvalue weighted by molar-refractivity contribution is 5.89. The molecule has 18 heavy (non-hydrogen) atoms. The minimum Gasteiger partial charge on any atom is -0.461 e. The van der Waals surface area contributed by atoms with Crippen molar-refractivity contribution in [2.45, 2.75) is 27.3 Å². The molecular weight excluding hydrogens is 234 g/mol. The van der Waals surface area contributed by atoms with Gasteiger partial charge in [0.15, 0.2) is 5.82 Å². The van der Waals surface area contributed by atoms with Gasteiger partial charge in [0.05, 0.1) is 13.2 Å². The molecule has 0 N–H and O–H groups in total. The van der Waals surface area contributed by atoms with Crippen LogP contribution in [0.1, 0.15) is 34.7 Å². The summed E-state index contributed by atoms with van der Waals surface area (Å²) in [7, 11) is 0. The molecule has 0 unspecified atom stereocenters. The zero-order valence-corrected chi connectivity index (χ0v) is 10.6. The number of carbonyl (C=O) groups is 1. The van der Waals surface area contributed by atoms with Crippen molar-refractivity contribution < 1.29 is 14.1 Å². The van der Waals surface area contributed by atoms with Gasteiger partial charge in [0.1, 0.15) is 5.69 Å². The van der Waals surface area contributed by atoms with E-state index >= 15 is 0 Å². The molecule has 0 saturated heterocycles. The molecule has 2 heterocycles. The third-order valence-electron chi connectivity index (χ3n) is 2.52. The van der Waals surface area contributed by atoms with E-state index in [1.165, 1.54) is 0 Å². The molecule has 2 aromatic heterocycles. The quantitative estimate of drug-likeness (QED) is 0.771. The summed E-state index contributed by atoms with van der Waals surface area (Å²) in [6.45, 7) is 6.11. The van der Waals surface area contributed by atoms with Crippen molar-refractivity contribution in [2.75, 3.05) is 6.61 Å². The summed E-state index contributed by atoms with van der Waals surface area (Å²) < 4.78 is 11.7. The number of nitrogens with zero attached hydrogens (tertiary/aromatic N) is 3. The summed E-state index contributed by atoms with van der Waals surface area (Å²) in [5, 5.41) is 3.81. The Balaban J connectivity index is 2.26. The van der Waals surface area contributed by atoms with Crippen molar-refractivity contribution in [1.82, 2.24) is 14.7 Å². The fourth-order valence-electron chi connectivity index (χ4n) is 1.75. The van der Waals surface area contributed by atoms with Crippen molar-refractivity contribution in [1.29, 1.82) is 0 Å². The zero-order valence-electron chi connectivity index (χ0n) is 10.6. The van der Waals surface area contributed by atoms with Crippen molar-refractivity contribution in [2.24, 2.45) is 0 Å². The normalized spacial score (nSPS) is 10.6. The predicted molar refractivity (Wildman–Crippen MR) is 63.3 cm³/mol. The first kappa shape index (κ1) is 12.3. The summed E-state index contributed by atoms with van der Waals surface area (Å²) in [6, 6.07) is 1.86. The average Bonchev–Trinajstić information content (AvgIpc) is 2.87. The van der Waals surface area contributed by atoms with Crippen LogP contribution in [-0.4, -0.2) is 27.3 Å². The first-order valence-corrected chi connectivity index (χ1v) is 5.74. The zero-order chi connectivity index (χ0) is 13.1. The van der Waals surface area contributed by atoms with Gasteiger partial charge in [-0.1, -0.05) is 5.16 Å². The largest absolute Gasteiger partial charge is 0.461 e. The van der Waals surface area contributed by atoms with E-state index < -0.39 is 0 Å². The van der Waals surface area contributed by atoms with Crippen LogP contribution in [0.3, 0.4) is 0 Å². The van der Waals surface area contributed by atoms with E-state index in [0.29, 0.717) is 30.6 Å². The molecule has 0 aliphatic heterocycles. The number of carbonyl (C=O) groups excluding carboxylic acids is 1. The smallest absolute Gasteiger partial charge is 0.355 e. The van der Waals surface area contributed by atoms with Gasteiger partial charge in [-0.2, -0.15) is 4.98 Å². The molecule has 2 rings (SSSR count).